The molecule has 2 aromatic heterocycles. The second-order valence-electron chi connectivity index (χ2n) is 15.0. The summed E-state index contributed by atoms with van der Waals surface area (Å²) in [5, 5.41) is 65.3. The minimum Gasteiger partial charge on any atom is -0.494 e. The molecule has 4 bridgehead atoms. The third-order valence-electron chi connectivity index (χ3n) is 11.1. The van der Waals surface area contributed by atoms with Crippen molar-refractivity contribution < 1.29 is 30.6 Å². The first-order valence-electron chi connectivity index (χ1n) is 17.2. The van der Waals surface area contributed by atoms with Gasteiger partial charge in [-0.3, -0.25) is 9.13 Å². The summed E-state index contributed by atoms with van der Waals surface area (Å²) < 4.78 is 3.19. The quantitative estimate of drug-likeness (QED) is 0.0809. The zero-order valence-electron chi connectivity index (χ0n) is 27.5. The molecule has 2 aromatic rings. The van der Waals surface area contributed by atoms with Crippen molar-refractivity contribution in [2.24, 2.45) is 0 Å². The molecule has 4 aliphatic carbocycles. The van der Waals surface area contributed by atoms with Crippen molar-refractivity contribution in [2.45, 2.75) is 139 Å². The third-order valence-corrected chi connectivity index (χ3v) is 11.1. The Labute approximate surface area is 272 Å². The summed E-state index contributed by atoms with van der Waals surface area (Å²) in [5.41, 5.74) is 4.94. The Hall–Kier alpha value is -3.36. The van der Waals surface area contributed by atoms with Gasteiger partial charge in [0.2, 0.25) is 0 Å². The smallest absolute Gasteiger partial charge is 0.198 e. The summed E-state index contributed by atoms with van der Waals surface area (Å²) in [6.45, 7) is 13.0. The number of aliphatic hydroxyl groups excluding tert-OH is 2. The second kappa shape index (κ2) is 12.3. The van der Waals surface area contributed by atoms with Gasteiger partial charge in [0.1, 0.15) is 0 Å². The molecule has 0 spiro atoms. The molecule has 6 rings (SSSR count). The lowest BCUT2D eigenvalue weighted by Crippen LogP contribution is -2.19. The normalized spacial score (nSPS) is 26.2. The van der Waals surface area contributed by atoms with E-state index >= 15 is 0 Å². The van der Waals surface area contributed by atoms with Gasteiger partial charge in [-0.15, -0.1) is 13.2 Å². The standard InChI is InChI=1S/C38H52N2O6/c1-23(2)19-37-15-12-25(21-37)29-31(37)35(45)39(33(29)43)17-8-6-5-7-9-27(41)10-11-28(42)14-18-40-34(44)30-26-13-16-38(22-26,20-24(3)4)32(30)36(40)46/h12-13,15-16,25-28,41-46H,1,3,5-11,14,17-22H2,2,4H3. The average molecular weight is 633 g/mol. The van der Waals surface area contributed by atoms with Gasteiger partial charge in [0.25, 0.3) is 0 Å². The number of rotatable bonds is 17. The number of aliphatic hydroxyl groups is 2. The highest BCUT2D eigenvalue weighted by Crippen LogP contribution is 2.63. The number of unbranched alkanes of at least 4 members (excludes halogenated alkanes) is 3. The van der Waals surface area contributed by atoms with Gasteiger partial charge in [-0.05, 0) is 71.6 Å². The Balaban J connectivity index is 0.907. The molecule has 8 heteroatoms. The van der Waals surface area contributed by atoms with Crippen LogP contribution in [0.25, 0.3) is 0 Å². The van der Waals surface area contributed by atoms with E-state index in [1.54, 1.807) is 4.57 Å². The summed E-state index contributed by atoms with van der Waals surface area (Å²) in [6.07, 6.45) is 16.3. The molecule has 6 unspecified atom stereocenters. The van der Waals surface area contributed by atoms with Crippen molar-refractivity contribution in [2.75, 3.05) is 0 Å². The zero-order valence-corrected chi connectivity index (χ0v) is 27.5. The van der Waals surface area contributed by atoms with E-state index in [4.69, 9.17) is 0 Å². The topological polar surface area (TPSA) is 131 Å². The van der Waals surface area contributed by atoms with E-state index in [2.05, 4.69) is 37.5 Å². The minimum absolute atomic E-state index is 0.0925. The number of hydrogen-bond donors (Lipinski definition) is 6. The van der Waals surface area contributed by atoms with E-state index in [1.807, 2.05) is 13.8 Å². The first kappa shape index (κ1) is 32.6. The summed E-state index contributed by atoms with van der Waals surface area (Å²) in [4.78, 5) is 0. The third kappa shape index (κ3) is 5.51. The maximum Gasteiger partial charge on any atom is 0.198 e. The highest BCUT2D eigenvalue weighted by atomic mass is 16.3. The molecule has 6 N–H and O–H groups in total. The van der Waals surface area contributed by atoms with Crippen LogP contribution in [0, 0.1) is 0 Å². The monoisotopic (exact) mass is 632 g/mol. The fourth-order valence-corrected chi connectivity index (χ4v) is 9.23. The molecule has 0 fully saturated rings. The molecule has 8 nitrogen and oxygen atoms in total. The number of aromatic hydroxyl groups is 4. The number of allylic oxidation sites excluding steroid dienone is 6. The van der Waals surface area contributed by atoms with Crippen LogP contribution in [0.3, 0.4) is 0 Å². The number of aromatic nitrogens is 2. The van der Waals surface area contributed by atoms with Gasteiger partial charge in [0.05, 0.1) is 12.2 Å². The lowest BCUT2D eigenvalue weighted by molar-refractivity contribution is 0.0991. The fraction of sp³-hybridized carbons (Fsp3) is 0.579. The van der Waals surface area contributed by atoms with Gasteiger partial charge < -0.3 is 30.6 Å². The lowest BCUT2D eigenvalue weighted by atomic mass is 9.78. The van der Waals surface area contributed by atoms with E-state index < -0.39 is 12.2 Å². The summed E-state index contributed by atoms with van der Waals surface area (Å²) >= 11 is 0. The van der Waals surface area contributed by atoms with Gasteiger partial charge in [-0.25, -0.2) is 0 Å². The van der Waals surface area contributed by atoms with Crippen LogP contribution in [0.2, 0.25) is 0 Å². The second-order valence-corrected chi connectivity index (χ2v) is 15.0. The van der Waals surface area contributed by atoms with Crippen LogP contribution < -0.4 is 0 Å². The maximum absolute atomic E-state index is 11.1. The predicted octanol–water partition coefficient (Wildman–Crippen LogP) is 7.18. The van der Waals surface area contributed by atoms with Crippen molar-refractivity contribution in [3.8, 4) is 23.5 Å². The number of fused-ring (bicyclic) bond motifs is 10. The van der Waals surface area contributed by atoms with Crippen LogP contribution in [0.15, 0.2) is 48.6 Å². The molecule has 0 saturated heterocycles. The Morgan fingerprint density at radius 3 is 1.63 bits per heavy atom. The first-order valence-corrected chi connectivity index (χ1v) is 17.2. The van der Waals surface area contributed by atoms with E-state index in [-0.39, 0.29) is 46.2 Å². The molecule has 46 heavy (non-hydrogen) atoms. The molecule has 0 radical (unpaired) electrons. The van der Waals surface area contributed by atoms with Crippen LogP contribution in [-0.2, 0) is 23.9 Å². The molecule has 0 amide bonds. The molecule has 0 aliphatic heterocycles. The van der Waals surface area contributed by atoms with Crippen molar-refractivity contribution in [3.05, 3.63) is 70.9 Å². The van der Waals surface area contributed by atoms with Crippen LogP contribution in [0.5, 0.6) is 23.5 Å². The van der Waals surface area contributed by atoms with E-state index in [1.165, 1.54) is 4.57 Å². The predicted molar refractivity (Wildman–Crippen MR) is 180 cm³/mol. The van der Waals surface area contributed by atoms with E-state index in [9.17, 15) is 30.6 Å². The van der Waals surface area contributed by atoms with Gasteiger partial charge >= 0.3 is 0 Å². The summed E-state index contributed by atoms with van der Waals surface area (Å²) in [7, 11) is 0. The van der Waals surface area contributed by atoms with Gasteiger partial charge in [0.15, 0.2) is 23.5 Å². The SMILES string of the molecule is C=C(C)CC12C=CC(C1)c1c2c(O)n(CCCCCCC(O)CCC(O)CCn2c(O)c3c(c2O)C2(CC(=C)C)C=CC3C2)c1O. The Kier molecular flexibility index (Phi) is 8.74. The van der Waals surface area contributed by atoms with E-state index in [0.717, 1.165) is 84.8 Å². The lowest BCUT2D eigenvalue weighted by Gasteiger charge is -2.25. The molecule has 6 atom stereocenters. The number of nitrogens with zero attached hydrogens (tertiary/aromatic N) is 2. The van der Waals surface area contributed by atoms with Crippen LogP contribution in [0.1, 0.15) is 125 Å². The molecule has 0 aromatic carbocycles. The Morgan fingerprint density at radius 2 is 1.13 bits per heavy atom. The molecule has 0 saturated carbocycles. The van der Waals surface area contributed by atoms with Crippen LogP contribution >= 0.6 is 0 Å². The molecule has 2 heterocycles. The summed E-state index contributed by atoms with van der Waals surface area (Å²) in [6, 6.07) is 0. The van der Waals surface area contributed by atoms with E-state index in [0.29, 0.717) is 38.8 Å². The maximum atomic E-state index is 11.1. The Morgan fingerprint density at radius 1 is 0.674 bits per heavy atom. The average Bonchev–Trinajstić information content (AvgIpc) is 3.81. The largest absolute Gasteiger partial charge is 0.494 e. The van der Waals surface area contributed by atoms with Gasteiger partial charge in [0, 0.05) is 58.0 Å². The molecular formula is C38H52N2O6. The fourth-order valence-electron chi connectivity index (χ4n) is 9.23. The highest BCUT2D eigenvalue weighted by Gasteiger charge is 2.52. The molecule has 4 aliphatic rings. The van der Waals surface area contributed by atoms with Crippen molar-refractivity contribution >= 4 is 0 Å². The van der Waals surface area contributed by atoms with Crippen LogP contribution in [0.4, 0.5) is 0 Å². The van der Waals surface area contributed by atoms with Crippen molar-refractivity contribution in [1.82, 2.24) is 9.13 Å². The minimum atomic E-state index is -0.645. The summed E-state index contributed by atoms with van der Waals surface area (Å²) in [5.74, 6) is 0.831. The first-order chi connectivity index (χ1) is 21.9. The van der Waals surface area contributed by atoms with Crippen molar-refractivity contribution in [1.29, 1.82) is 0 Å². The molecular weight excluding hydrogens is 580 g/mol. The van der Waals surface area contributed by atoms with Crippen molar-refractivity contribution in [3.63, 3.8) is 0 Å². The number of hydrogen-bond acceptors (Lipinski definition) is 6. The van der Waals surface area contributed by atoms with Crippen LogP contribution in [-0.4, -0.2) is 52.0 Å². The highest BCUT2D eigenvalue weighted by molar-refractivity contribution is 5.63. The Bertz CT molecular complexity index is 1580. The van der Waals surface area contributed by atoms with Gasteiger partial charge in [-0.1, -0.05) is 54.7 Å². The zero-order chi connectivity index (χ0) is 33.0. The molecule has 250 valence electrons. The van der Waals surface area contributed by atoms with Gasteiger partial charge in [-0.2, -0.15) is 0 Å².